The van der Waals surface area contributed by atoms with Crippen LogP contribution in [0.15, 0.2) is 48.5 Å². The highest BCUT2D eigenvalue weighted by Crippen LogP contribution is 2.49. The first-order valence-electron chi connectivity index (χ1n) is 9.51. The molecular weight excluding hydrogens is 340 g/mol. The Bertz CT molecular complexity index is 930. The summed E-state index contributed by atoms with van der Waals surface area (Å²) in [7, 11) is 0. The number of nitrogens with one attached hydrogen (secondary N) is 1. The summed E-state index contributed by atoms with van der Waals surface area (Å²) in [6.45, 7) is 0. The van der Waals surface area contributed by atoms with E-state index in [1.54, 1.807) is 11.3 Å². The molecule has 1 aromatic heterocycles. The van der Waals surface area contributed by atoms with Gasteiger partial charge in [0.15, 0.2) is 0 Å². The number of benzene rings is 2. The van der Waals surface area contributed by atoms with E-state index in [9.17, 15) is 4.79 Å². The molecule has 132 valence electrons. The van der Waals surface area contributed by atoms with Crippen molar-refractivity contribution in [3.05, 3.63) is 48.5 Å². The van der Waals surface area contributed by atoms with Gasteiger partial charge in [0.2, 0.25) is 5.91 Å². The third-order valence-corrected chi connectivity index (χ3v) is 7.13. The summed E-state index contributed by atoms with van der Waals surface area (Å²) in [5, 5.41) is 4.13. The molecule has 2 aliphatic carbocycles. The number of nitrogens with zero attached hydrogens (tertiary/aromatic N) is 1. The number of carbonyl (C=O) groups is 1. The number of hydrogen-bond acceptors (Lipinski definition) is 3. The van der Waals surface area contributed by atoms with Crippen LogP contribution in [-0.2, 0) is 4.79 Å². The summed E-state index contributed by atoms with van der Waals surface area (Å²) < 4.78 is 1.17. The lowest BCUT2D eigenvalue weighted by molar-refractivity contribution is -0.117. The van der Waals surface area contributed by atoms with E-state index in [2.05, 4.69) is 11.4 Å². The lowest BCUT2D eigenvalue weighted by Gasteiger charge is -2.21. The molecule has 0 radical (unpaired) electrons. The molecule has 2 aromatic carbocycles. The van der Waals surface area contributed by atoms with Crippen LogP contribution in [0.1, 0.15) is 32.1 Å². The largest absolute Gasteiger partial charge is 0.325 e. The number of hydrogen-bond donors (Lipinski definition) is 1. The summed E-state index contributed by atoms with van der Waals surface area (Å²) in [6, 6.07) is 16.2. The molecule has 2 bridgehead atoms. The molecule has 4 heteroatoms. The number of anilines is 1. The van der Waals surface area contributed by atoms with Crippen LogP contribution < -0.4 is 5.32 Å². The zero-order chi connectivity index (χ0) is 17.5. The molecule has 3 atom stereocenters. The van der Waals surface area contributed by atoms with Gasteiger partial charge in [-0.25, -0.2) is 4.98 Å². The minimum Gasteiger partial charge on any atom is -0.325 e. The lowest BCUT2D eigenvalue weighted by Crippen LogP contribution is -2.20. The van der Waals surface area contributed by atoms with Gasteiger partial charge in [-0.2, -0.15) is 0 Å². The van der Waals surface area contributed by atoms with Gasteiger partial charge in [0.1, 0.15) is 5.01 Å². The van der Waals surface area contributed by atoms with Crippen LogP contribution in [0.4, 0.5) is 5.69 Å². The van der Waals surface area contributed by atoms with Crippen LogP contribution >= 0.6 is 11.3 Å². The van der Waals surface area contributed by atoms with E-state index in [0.717, 1.165) is 33.6 Å². The second kappa shape index (κ2) is 6.51. The first-order chi connectivity index (χ1) is 12.8. The molecule has 1 N–H and O–H groups in total. The van der Waals surface area contributed by atoms with Crippen LogP contribution in [0.5, 0.6) is 0 Å². The van der Waals surface area contributed by atoms with E-state index in [-0.39, 0.29) is 5.91 Å². The molecule has 1 amide bonds. The molecule has 3 unspecified atom stereocenters. The molecule has 3 aromatic rings. The third kappa shape index (κ3) is 2.92. The number of rotatable bonds is 4. The molecule has 2 fully saturated rings. The summed E-state index contributed by atoms with van der Waals surface area (Å²) >= 11 is 1.67. The van der Waals surface area contributed by atoms with Crippen molar-refractivity contribution < 1.29 is 4.79 Å². The highest BCUT2D eigenvalue weighted by Gasteiger charge is 2.40. The monoisotopic (exact) mass is 362 g/mol. The fourth-order valence-corrected chi connectivity index (χ4v) is 5.84. The van der Waals surface area contributed by atoms with E-state index >= 15 is 0 Å². The van der Waals surface area contributed by atoms with E-state index in [1.807, 2.05) is 42.5 Å². The number of amides is 1. The second-order valence-corrected chi connectivity index (χ2v) is 8.75. The van der Waals surface area contributed by atoms with Crippen LogP contribution in [0, 0.1) is 17.8 Å². The van der Waals surface area contributed by atoms with Gasteiger partial charge in [-0.15, -0.1) is 11.3 Å². The Kier molecular flexibility index (Phi) is 4.01. The molecule has 26 heavy (non-hydrogen) atoms. The maximum absolute atomic E-state index is 12.7. The smallest absolute Gasteiger partial charge is 0.224 e. The van der Waals surface area contributed by atoms with E-state index in [0.29, 0.717) is 12.3 Å². The van der Waals surface area contributed by atoms with Crippen molar-refractivity contribution in [3.63, 3.8) is 0 Å². The van der Waals surface area contributed by atoms with Crippen molar-refractivity contribution in [1.29, 1.82) is 0 Å². The van der Waals surface area contributed by atoms with Gasteiger partial charge in [0, 0.05) is 12.0 Å². The standard InChI is InChI=1S/C22H22N2OS/c25-21(13-16-12-14-9-10-15(16)11-14)23-18-6-2-1-5-17(18)22-24-19-7-3-4-8-20(19)26-22/h1-8,14-16H,9-13H2,(H,23,25). The van der Waals surface area contributed by atoms with Crippen molar-refractivity contribution in [3.8, 4) is 10.6 Å². The summed E-state index contributed by atoms with van der Waals surface area (Å²) in [6.07, 6.45) is 5.96. The Balaban J connectivity index is 1.37. The van der Waals surface area contributed by atoms with Gasteiger partial charge in [-0.3, -0.25) is 4.79 Å². The van der Waals surface area contributed by atoms with Crippen molar-refractivity contribution in [2.24, 2.45) is 17.8 Å². The Labute approximate surface area is 157 Å². The third-order valence-electron chi connectivity index (χ3n) is 6.06. The quantitative estimate of drug-likeness (QED) is 0.644. The molecule has 2 aliphatic rings. The van der Waals surface area contributed by atoms with Gasteiger partial charge in [0.25, 0.3) is 0 Å². The first kappa shape index (κ1) is 16.0. The Morgan fingerprint density at radius 3 is 2.73 bits per heavy atom. The van der Waals surface area contributed by atoms with E-state index in [4.69, 9.17) is 4.98 Å². The number of carbonyl (C=O) groups excluding carboxylic acids is 1. The average molecular weight is 362 g/mol. The molecule has 0 saturated heterocycles. The highest BCUT2D eigenvalue weighted by molar-refractivity contribution is 7.21. The highest BCUT2D eigenvalue weighted by atomic mass is 32.1. The SMILES string of the molecule is O=C(CC1CC2CCC1C2)Nc1ccccc1-c1nc2ccccc2s1. The fraction of sp³-hybridized carbons (Fsp3) is 0.364. The predicted molar refractivity (Wildman–Crippen MR) is 107 cm³/mol. The van der Waals surface area contributed by atoms with Crippen molar-refractivity contribution >= 4 is 33.1 Å². The Morgan fingerprint density at radius 2 is 1.92 bits per heavy atom. The molecular formula is C22H22N2OS. The number of aromatic nitrogens is 1. The Hall–Kier alpha value is -2.20. The van der Waals surface area contributed by atoms with Crippen LogP contribution in [0.2, 0.25) is 0 Å². The van der Waals surface area contributed by atoms with Crippen molar-refractivity contribution in [2.75, 3.05) is 5.32 Å². The Morgan fingerprint density at radius 1 is 1.08 bits per heavy atom. The van der Waals surface area contributed by atoms with Crippen molar-refractivity contribution in [2.45, 2.75) is 32.1 Å². The van der Waals surface area contributed by atoms with Crippen LogP contribution in [-0.4, -0.2) is 10.9 Å². The number of para-hydroxylation sites is 2. The van der Waals surface area contributed by atoms with Crippen LogP contribution in [0.3, 0.4) is 0 Å². The second-order valence-electron chi connectivity index (χ2n) is 7.72. The first-order valence-corrected chi connectivity index (χ1v) is 10.3. The van der Waals surface area contributed by atoms with E-state index < -0.39 is 0 Å². The maximum atomic E-state index is 12.7. The van der Waals surface area contributed by atoms with Gasteiger partial charge < -0.3 is 5.32 Å². The predicted octanol–water partition coefficient (Wildman–Crippen LogP) is 5.73. The maximum Gasteiger partial charge on any atom is 0.224 e. The molecule has 0 spiro atoms. The van der Waals surface area contributed by atoms with E-state index in [1.165, 1.54) is 30.4 Å². The summed E-state index contributed by atoms with van der Waals surface area (Å²) in [5.74, 6) is 2.40. The van der Waals surface area contributed by atoms with Gasteiger partial charge >= 0.3 is 0 Å². The minimum atomic E-state index is 0.149. The normalized spacial score (nSPS) is 24.2. The van der Waals surface area contributed by atoms with Gasteiger partial charge in [0.05, 0.1) is 15.9 Å². The molecule has 2 saturated carbocycles. The number of fused-ring (bicyclic) bond motifs is 3. The minimum absolute atomic E-state index is 0.149. The molecule has 3 nitrogen and oxygen atoms in total. The van der Waals surface area contributed by atoms with Gasteiger partial charge in [-0.05, 0) is 61.3 Å². The van der Waals surface area contributed by atoms with Crippen LogP contribution in [0.25, 0.3) is 20.8 Å². The molecule has 1 heterocycles. The number of thiazole rings is 1. The summed E-state index contributed by atoms with van der Waals surface area (Å²) in [5.41, 5.74) is 2.89. The summed E-state index contributed by atoms with van der Waals surface area (Å²) in [4.78, 5) is 17.4. The zero-order valence-corrected chi connectivity index (χ0v) is 15.5. The van der Waals surface area contributed by atoms with Gasteiger partial charge in [-0.1, -0.05) is 30.7 Å². The molecule has 0 aliphatic heterocycles. The molecule has 5 rings (SSSR count). The topological polar surface area (TPSA) is 42.0 Å². The average Bonchev–Trinajstić information content (AvgIpc) is 3.37. The van der Waals surface area contributed by atoms with Crippen molar-refractivity contribution in [1.82, 2.24) is 4.98 Å². The lowest BCUT2D eigenvalue weighted by atomic mass is 9.86. The zero-order valence-electron chi connectivity index (χ0n) is 14.7. The fourth-order valence-electron chi connectivity index (χ4n) is 4.83.